The number of hydrogen-bond acceptors (Lipinski definition) is 6. The van der Waals surface area contributed by atoms with E-state index in [1.165, 1.54) is 23.1 Å². The zero-order chi connectivity index (χ0) is 23.4. The molecule has 0 N–H and O–H groups in total. The molecule has 3 rings (SSSR count). The van der Waals surface area contributed by atoms with Gasteiger partial charge in [-0.25, -0.2) is 4.98 Å². The van der Waals surface area contributed by atoms with E-state index in [-0.39, 0.29) is 30.2 Å². The molecular formula is C23H23ClN4O2S2. The van der Waals surface area contributed by atoms with Crippen LogP contribution in [0, 0.1) is 32.1 Å². The van der Waals surface area contributed by atoms with Crippen LogP contribution < -0.4 is 10.5 Å². The Hall–Kier alpha value is -2.60. The van der Waals surface area contributed by atoms with E-state index in [0.29, 0.717) is 32.6 Å². The minimum Gasteiger partial charge on any atom is -0.311 e. The van der Waals surface area contributed by atoms with E-state index in [9.17, 15) is 9.59 Å². The fourth-order valence-corrected chi connectivity index (χ4v) is 5.34. The van der Waals surface area contributed by atoms with E-state index in [2.05, 4.69) is 17.6 Å². The van der Waals surface area contributed by atoms with Crippen LogP contribution in [0.2, 0.25) is 5.02 Å². The lowest BCUT2D eigenvalue weighted by atomic mass is 10.2. The van der Waals surface area contributed by atoms with Crippen LogP contribution in [0.1, 0.15) is 22.4 Å². The first-order valence-corrected chi connectivity index (χ1v) is 12.1. The normalized spacial score (nSPS) is 10.8. The first-order chi connectivity index (χ1) is 15.3. The molecule has 6 nitrogen and oxygen atoms in total. The third-order valence-electron chi connectivity index (χ3n) is 5.09. The second-order valence-electron chi connectivity index (χ2n) is 7.24. The minimum absolute atomic E-state index is 0.0749. The Balaban J connectivity index is 1.92. The Morgan fingerprint density at radius 1 is 1.41 bits per heavy atom. The number of aryl methyl sites for hydroxylation is 3. The topological polar surface area (TPSA) is 79.0 Å². The molecule has 0 saturated heterocycles. The van der Waals surface area contributed by atoms with Crippen molar-refractivity contribution in [1.82, 2.24) is 9.55 Å². The number of amides is 1. The van der Waals surface area contributed by atoms with Gasteiger partial charge in [-0.05, 0) is 50.1 Å². The molecule has 0 aliphatic rings. The average Bonchev–Trinajstić information content (AvgIpc) is 3.05. The van der Waals surface area contributed by atoms with Crippen LogP contribution in [-0.4, -0.2) is 27.8 Å². The van der Waals surface area contributed by atoms with E-state index < -0.39 is 0 Å². The van der Waals surface area contributed by atoms with E-state index in [4.69, 9.17) is 16.9 Å². The number of allylic oxidation sites excluding steroid dienone is 1. The van der Waals surface area contributed by atoms with Crippen molar-refractivity contribution < 1.29 is 4.79 Å². The van der Waals surface area contributed by atoms with Crippen LogP contribution in [0.15, 0.2) is 40.8 Å². The third kappa shape index (κ3) is 4.90. The summed E-state index contributed by atoms with van der Waals surface area (Å²) in [7, 11) is 0. The molecule has 0 fully saturated rings. The predicted molar refractivity (Wildman–Crippen MR) is 133 cm³/mol. The summed E-state index contributed by atoms with van der Waals surface area (Å²) in [5, 5.41) is 10.7. The number of fused-ring (bicyclic) bond motifs is 1. The van der Waals surface area contributed by atoms with Gasteiger partial charge >= 0.3 is 0 Å². The molecule has 1 aromatic carbocycles. The number of carbonyl (C=O) groups is 1. The average molecular weight is 487 g/mol. The number of anilines is 1. The van der Waals surface area contributed by atoms with Gasteiger partial charge in [0, 0.05) is 28.7 Å². The molecule has 0 saturated carbocycles. The number of hydrogen-bond donors (Lipinski definition) is 0. The van der Waals surface area contributed by atoms with Gasteiger partial charge in [0.15, 0.2) is 5.16 Å². The lowest BCUT2D eigenvalue weighted by molar-refractivity contribution is -0.116. The van der Waals surface area contributed by atoms with Crippen LogP contribution in [-0.2, 0) is 11.3 Å². The molecule has 0 atom stereocenters. The minimum atomic E-state index is -0.176. The predicted octanol–water partition coefficient (Wildman–Crippen LogP) is 5.26. The summed E-state index contributed by atoms with van der Waals surface area (Å²) in [4.78, 5) is 34.2. The summed E-state index contributed by atoms with van der Waals surface area (Å²) < 4.78 is 1.55. The smallest absolute Gasteiger partial charge is 0.263 e. The van der Waals surface area contributed by atoms with Crippen molar-refractivity contribution in [2.24, 2.45) is 0 Å². The highest BCUT2D eigenvalue weighted by molar-refractivity contribution is 7.99. The van der Waals surface area contributed by atoms with Gasteiger partial charge < -0.3 is 4.90 Å². The molecule has 0 aliphatic heterocycles. The maximum atomic E-state index is 13.1. The quantitative estimate of drug-likeness (QED) is 0.246. The standard InChI is InChI=1S/C23H23ClN4O2S2/c1-5-10-28-22(30)20-15(3)16(4)32-21(20)26-23(28)31-13-19(29)27(11-6-9-25)17-7-8-18(24)14(2)12-17/h5,7-8,12H,1,6,10-11,13H2,2-4H3. The van der Waals surface area contributed by atoms with Gasteiger partial charge in [0.2, 0.25) is 5.91 Å². The van der Waals surface area contributed by atoms with Crippen LogP contribution in [0.25, 0.3) is 10.2 Å². The number of thiophene rings is 1. The number of halogens is 1. The molecule has 2 aromatic heterocycles. The number of rotatable bonds is 8. The van der Waals surface area contributed by atoms with Crippen molar-refractivity contribution in [3.8, 4) is 6.07 Å². The Morgan fingerprint density at radius 3 is 2.81 bits per heavy atom. The van der Waals surface area contributed by atoms with E-state index in [1.807, 2.05) is 26.8 Å². The zero-order valence-corrected chi connectivity index (χ0v) is 20.5. The lowest BCUT2D eigenvalue weighted by Crippen LogP contribution is -2.33. The van der Waals surface area contributed by atoms with Gasteiger partial charge in [0.25, 0.3) is 5.56 Å². The van der Waals surface area contributed by atoms with Crippen LogP contribution in [0.4, 0.5) is 5.69 Å². The SMILES string of the molecule is C=CCn1c(SCC(=O)N(CCC#N)c2ccc(Cl)c(C)c2)nc2sc(C)c(C)c2c1=O. The summed E-state index contributed by atoms with van der Waals surface area (Å²) in [5.41, 5.74) is 2.35. The second-order valence-corrected chi connectivity index (χ2v) is 9.79. The Kier molecular flexibility index (Phi) is 7.77. The van der Waals surface area contributed by atoms with E-state index in [0.717, 1.165) is 16.0 Å². The number of thioether (sulfide) groups is 1. The van der Waals surface area contributed by atoms with Crippen molar-refractivity contribution in [3.63, 3.8) is 0 Å². The van der Waals surface area contributed by atoms with E-state index in [1.54, 1.807) is 27.7 Å². The molecule has 0 radical (unpaired) electrons. The Morgan fingerprint density at radius 2 is 2.16 bits per heavy atom. The Bertz CT molecular complexity index is 1290. The highest BCUT2D eigenvalue weighted by atomic mass is 35.5. The van der Waals surface area contributed by atoms with Crippen molar-refractivity contribution in [1.29, 1.82) is 5.26 Å². The summed E-state index contributed by atoms with van der Waals surface area (Å²) in [6.45, 7) is 10.1. The molecule has 0 unspecified atom stereocenters. The van der Waals surface area contributed by atoms with Crippen LogP contribution in [0.5, 0.6) is 0 Å². The van der Waals surface area contributed by atoms with Gasteiger partial charge in [0.05, 0.1) is 23.6 Å². The molecule has 0 aliphatic carbocycles. The molecule has 2 heterocycles. The fourth-order valence-electron chi connectivity index (χ4n) is 3.27. The first kappa shape index (κ1) is 24.1. The Labute approximate surface area is 200 Å². The molecule has 32 heavy (non-hydrogen) atoms. The molecule has 0 spiro atoms. The second kappa shape index (κ2) is 10.3. The highest BCUT2D eigenvalue weighted by Crippen LogP contribution is 2.29. The van der Waals surface area contributed by atoms with Gasteiger partial charge in [-0.3, -0.25) is 14.2 Å². The van der Waals surface area contributed by atoms with Crippen molar-refractivity contribution in [2.75, 3.05) is 17.2 Å². The van der Waals surface area contributed by atoms with Gasteiger partial charge in [-0.2, -0.15) is 5.26 Å². The number of carbonyl (C=O) groups excluding carboxylic acids is 1. The molecular weight excluding hydrogens is 464 g/mol. The lowest BCUT2D eigenvalue weighted by Gasteiger charge is -2.22. The van der Waals surface area contributed by atoms with Crippen molar-refractivity contribution in [2.45, 2.75) is 38.9 Å². The first-order valence-electron chi connectivity index (χ1n) is 9.96. The maximum Gasteiger partial charge on any atom is 0.263 e. The van der Waals surface area contributed by atoms with Gasteiger partial charge in [-0.15, -0.1) is 17.9 Å². The largest absolute Gasteiger partial charge is 0.311 e. The summed E-state index contributed by atoms with van der Waals surface area (Å²) in [5.74, 6) is -0.101. The molecule has 1 amide bonds. The molecule has 166 valence electrons. The van der Waals surface area contributed by atoms with E-state index >= 15 is 0 Å². The summed E-state index contributed by atoms with van der Waals surface area (Å²) in [6.07, 6.45) is 1.85. The van der Waals surface area contributed by atoms with Crippen LogP contribution >= 0.6 is 34.7 Å². The number of nitriles is 1. The number of benzene rings is 1. The highest BCUT2D eigenvalue weighted by Gasteiger charge is 2.20. The van der Waals surface area contributed by atoms with Crippen molar-refractivity contribution in [3.05, 3.63) is 62.2 Å². The van der Waals surface area contributed by atoms with Crippen molar-refractivity contribution >= 4 is 56.5 Å². The molecule has 9 heteroatoms. The summed E-state index contributed by atoms with van der Waals surface area (Å²) in [6, 6.07) is 7.43. The molecule has 3 aromatic rings. The summed E-state index contributed by atoms with van der Waals surface area (Å²) >= 11 is 8.82. The van der Waals surface area contributed by atoms with Crippen LogP contribution in [0.3, 0.4) is 0 Å². The third-order valence-corrected chi connectivity index (χ3v) is 7.58. The number of nitrogens with zero attached hydrogens (tertiary/aromatic N) is 4. The molecule has 0 bridgehead atoms. The monoisotopic (exact) mass is 486 g/mol. The fraction of sp³-hybridized carbons (Fsp3) is 0.304. The number of aromatic nitrogens is 2. The van der Waals surface area contributed by atoms with Gasteiger partial charge in [0.1, 0.15) is 4.83 Å². The zero-order valence-electron chi connectivity index (χ0n) is 18.1. The van der Waals surface area contributed by atoms with Gasteiger partial charge in [-0.1, -0.05) is 29.4 Å². The maximum absolute atomic E-state index is 13.1.